The summed E-state index contributed by atoms with van der Waals surface area (Å²) < 4.78 is 0. The van der Waals surface area contributed by atoms with Crippen LogP contribution in [0.25, 0.3) is 0 Å². The summed E-state index contributed by atoms with van der Waals surface area (Å²) in [5, 5.41) is 4.03. The number of carbonyl (C=O) groups excluding carboxylic acids is 1. The van der Waals surface area contributed by atoms with Crippen LogP contribution in [-0.4, -0.2) is 42.1 Å². The first kappa shape index (κ1) is 19.8. The number of pyridine rings is 1. The minimum absolute atomic E-state index is 0.0916. The lowest BCUT2D eigenvalue weighted by Crippen LogP contribution is -2.50. The Hall–Kier alpha value is -1.98. The monoisotopic (exact) mass is 406 g/mol. The predicted octanol–water partition coefficient (Wildman–Crippen LogP) is 5.04. The molecule has 1 aliphatic heterocycles. The number of anilines is 2. The lowest BCUT2D eigenvalue weighted by molar-refractivity contribution is 0.208. The first-order valence-electron chi connectivity index (χ1n) is 8.96. The number of urea groups is 1. The molecule has 1 aliphatic rings. The number of rotatable bonds is 2. The largest absolute Gasteiger partial charge is 0.365 e. The van der Waals surface area contributed by atoms with Gasteiger partial charge in [-0.2, -0.15) is 0 Å². The number of piperazine rings is 1. The zero-order chi connectivity index (χ0) is 19.6. The van der Waals surface area contributed by atoms with Crippen molar-refractivity contribution in [2.75, 3.05) is 36.4 Å². The van der Waals surface area contributed by atoms with Crippen LogP contribution in [0.15, 0.2) is 36.7 Å². The number of aromatic nitrogens is 1. The highest BCUT2D eigenvalue weighted by molar-refractivity contribution is 6.38. The van der Waals surface area contributed by atoms with Gasteiger partial charge >= 0.3 is 6.03 Å². The van der Waals surface area contributed by atoms with E-state index in [2.05, 4.69) is 48.1 Å². The molecule has 0 bridgehead atoms. The number of halogens is 2. The summed E-state index contributed by atoms with van der Waals surface area (Å²) in [6.45, 7) is 9.03. The Balaban J connectivity index is 1.59. The molecule has 0 saturated carbocycles. The standard InChI is InChI=1S/C20H24Cl2N4O/c1-20(2,3)14-4-6-15(7-5-14)24-19(27)26-10-8-25(9-11-26)18-16(21)12-23-13-17(18)22/h4-7,12-13H,8-11H2,1-3H3,(H,24,27). The molecule has 0 aliphatic carbocycles. The average molecular weight is 407 g/mol. The van der Waals surface area contributed by atoms with Crippen LogP contribution in [0.3, 0.4) is 0 Å². The molecule has 0 unspecified atom stereocenters. The molecule has 1 N–H and O–H groups in total. The molecule has 5 nitrogen and oxygen atoms in total. The van der Waals surface area contributed by atoms with E-state index in [4.69, 9.17) is 23.2 Å². The number of hydrogen-bond acceptors (Lipinski definition) is 3. The summed E-state index contributed by atoms with van der Waals surface area (Å²) >= 11 is 12.5. The molecule has 2 aromatic rings. The van der Waals surface area contributed by atoms with Crippen LogP contribution in [0.5, 0.6) is 0 Å². The summed E-state index contributed by atoms with van der Waals surface area (Å²) in [6.07, 6.45) is 3.17. The predicted molar refractivity (Wildman–Crippen MR) is 112 cm³/mol. The lowest BCUT2D eigenvalue weighted by atomic mass is 9.87. The maximum Gasteiger partial charge on any atom is 0.321 e. The average Bonchev–Trinajstić information content (AvgIpc) is 2.62. The van der Waals surface area contributed by atoms with E-state index in [1.807, 2.05) is 12.1 Å². The van der Waals surface area contributed by atoms with Crippen molar-refractivity contribution in [3.05, 3.63) is 52.3 Å². The molecule has 3 rings (SSSR count). The SMILES string of the molecule is CC(C)(C)c1ccc(NC(=O)N2CCN(c3c(Cl)cncc3Cl)CC2)cc1. The number of carbonyl (C=O) groups is 1. The summed E-state index contributed by atoms with van der Waals surface area (Å²) in [5.74, 6) is 0. The smallest absolute Gasteiger partial charge is 0.321 e. The highest BCUT2D eigenvalue weighted by atomic mass is 35.5. The van der Waals surface area contributed by atoms with Gasteiger partial charge in [-0.15, -0.1) is 0 Å². The third kappa shape index (κ3) is 4.66. The molecular formula is C20H24Cl2N4O. The van der Waals surface area contributed by atoms with Crippen LogP contribution in [-0.2, 0) is 5.41 Å². The van der Waals surface area contributed by atoms with Crippen LogP contribution < -0.4 is 10.2 Å². The molecule has 2 amide bonds. The summed E-state index contributed by atoms with van der Waals surface area (Å²) in [4.78, 5) is 20.4. The molecular weight excluding hydrogens is 383 g/mol. The van der Waals surface area contributed by atoms with E-state index in [1.165, 1.54) is 5.56 Å². The molecule has 0 atom stereocenters. The maximum absolute atomic E-state index is 12.6. The third-order valence-corrected chi connectivity index (χ3v) is 5.27. The molecule has 144 valence electrons. The Morgan fingerprint density at radius 2 is 1.56 bits per heavy atom. The molecule has 1 aromatic carbocycles. The normalized spacial score (nSPS) is 15.0. The van der Waals surface area contributed by atoms with Crippen molar-refractivity contribution in [3.8, 4) is 0 Å². The fourth-order valence-electron chi connectivity index (χ4n) is 3.10. The van der Waals surface area contributed by atoms with E-state index in [-0.39, 0.29) is 11.4 Å². The number of nitrogens with zero attached hydrogens (tertiary/aromatic N) is 3. The second-order valence-corrected chi connectivity index (χ2v) is 8.50. The van der Waals surface area contributed by atoms with Gasteiger partial charge in [-0.3, -0.25) is 4.98 Å². The van der Waals surface area contributed by atoms with E-state index in [9.17, 15) is 4.79 Å². The third-order valence-electron chi connectivity index (χ3n) is 4.71. The van der Waals surface area contributed by atoms with Crippen molar-refractivity contribution < 1.29 is 4.79 Å². The molecule has 1 saturated heterocycles. The molecule has 7 heteroatoms. The molecule has 1 fully saturated rings. The van der Waals surface area contributed by atoms with Crippen LogP contribution in [0.1, 0.15) is 26.3 Å². The lowest BCUT2D eigenvalue weighted by Gasteiger charge is -2.36. The molecule has 2 heterocycles. The van der Waals surface area contributed by atoms with Crippen LogP contribution in [0.4, 0.5) is 16.2 Å². The number of amides is 2. The highest BCUT2D eigenvalue weighted by Crippen LogP contribution is 2.33. The minimum Gasteiger partial charge on any atom is -0.365 e. The van der Waals surface area contributed by atoms with E-state index in [0.717, 1.165) is 11.4 Å². The van der Waals surface area contributed by atoms with Gasteiger partial charge in [0.1, 0.15) is 0 Å². The Bertz CT molecular complexity index is 789. The van der Waals surface area contributed by atoms with Gasteiger partial charge in [0.25, 0.3) is 0 Å². The first-order valence-corrected chi connectivity index (χ1v) is 9.72. The van der Waals surface area contributed by atoms with Crippen LogP contribution in [0.2, 0.25) is 10.0 Å². The van der Waals surface area contributed by atoms with Gasteiger partial charge in [-0.25, -0.2) is 4.79 Å². The first-order chi connectivity index (χ1) is 12.8. The fraction of sp³-hybridized carbons (Fsp3) is 0.400. The number of hydrogen-bond donors (Lipinski definition) is 1. The quantitative estimate of drug-likeness (QED) is 0.759. The van der Waals surface area contributed by atoms with E-state index >= 15 is 0 Å². The maximum atomic E-state index is 12.6. The fourth-order valence-corrected chi connectivity index (χ4v) is 3.70. The Kier molecular flexibility index (Phi) is 5.82. The van der Waals surface area contributed by atoms with E-state index in [0.29, 0.717) is 36.2 Å². The van der Waals surface area contributed by atoms with Crippen molar-refractivity contribution in [2.45, 2.75) is 26.2 Å². The molecule has 0 radical (unpaired) electrons. The van der Waals surface area contributed by atoms with Crippen molar-refractivity contribution >= 4 is 40.6 Å². The second kappa shape index (κ2) is 7.95. The van der Waals surface area contributed by atoms with Gasteiger partial charge in [-0.1, -0.05) is 56.1 Å². The summed E-state index contributed by atoms with van der Waals surface area (Å²) in [5.41, 5.74) is 2.91. The number of nitrogens with one attached hydrogen (secondary N) is 1. The Morgan fingerprint density at radius 1 is 1.00 bits per heavy atom. The zero-order valence-electron chi connectivity index (χ0n) is 15.8. The van der Waals surface area contributed by atoms with E-state index in [1.54, 1.807) is 17.3 Å². The van der Waals surface area contributed by atoms with E-state index < -0.39 is 0 Å². The Morgan fingerprint density at radius 3 is 2.07 bits per heavy atom. The minimum atomic E-state index is -0.0925. The zero-order valence-corrected chi connectivity index (χ0v) is 17.3. The highest BCUT2D eigenvalue weighted by Gasteiger charge is 2.24. The van der Waals surface area contributed by atoms with Gasteiger partial charge in [0.2, 0.25) is 0 Å². The van der Waals surface area contributed by atoms with Gasteiger partial charge < -0.3 is 15.1 Å². The summed E-state index contributed by atoms with van der Waals surface area (Å²) in [6, 6.07) is 7.92. The van der Waals surface area contributed by atoms with Gasteiger partial charge in [0.15, 0.2) is 0 Å². The molecule has 0 spiro atoms. The van der Waals surface area contributed by atoms with Crippen LogP contribution in [0, 0.1) is 0 Å². The van der Waals surface area contributed by atoms with Gasteiger partial charge in [-0.05, 0) is 23.1 Å². The molecule has 27 heavy (non-hydrogen) atoms. The molecule has 1 aromatic heterocycles. The van der Waals surface area contributed by atoms with Crippen molar-refractivity contribution in [2.24, 2.45) is 0 Å². The van der Waals surface area contributed by atoms with Crippen molar-refractivity contribution in [3.63, 3.8) is 0 Å². The second-order valence-electron chi connectivity index (χ2n) is 7.68. The Labute approximate surface area is 170 Å². The number of benzene rings is 1. The summed E-state index contributed by atoms with van der Waals surface area (Å²) in [7, 11) is 0. The van der Waals surface area contributed by atoms with Crippen molar-refractivity contribution in [1.29, 1.82) is 0 Å². The topological polar surface area (TPSA) is 48.5 Å². The van der Waals surface area contributed by atoms with Gasteiger partial charge in [0, 0.05) is 44.3 Å². The van der Waals surface area contributed by atoms with Crippen LogP contribution >= 0.6 is 23.2 Å². The van der Waals surface area contributed by atoms with Gasteiger partial charge in [0.05, 0.1) is 15.7 Å². The van der Waals surface area contributed by atoms with Crippen molar-refractivity contribution in [1.82, 2.24) is 9.88 Å².